The Labute approximate surface area is 164 Å². The number of carbonyl (C=O) groups is 1. The van der Waals surface area contributed by atoms with Crippen LogP contribution >= 0.6 is 0 Å². The van der Waals surface area contributed by atoms with Gasteiger partial charge < -0.3 is 20.5 Å². The number of aromatic nitrogens is 2. The number of amides is 1. The van der Waals surface area contributed by atoms with Crippen molar-refractivity contribution in [2.24, 2.45) is 0 Å². The van der Waals surface area contributed by atoms with E-state index in [0.29, 0.717) is 18.8 Å². The van der Waals surface area contributed by atoms with Crippen molar-refractivity contribution < 1.29 is 4.79 Å². The fourth-order valence-corrected chi connectivity index (χ4v) is 3.68. The highest BCUT2D eigenvalue weighted by Crippen LogP contribution is 2.25. The molecular weight excluding hydrogens is 354 g/mol. The number of anilines is 1. The predicted octanol–water partition coefficient (Wildman–Crippen LogP) is 2.00. The molecule has 7 nitrogen and oxygen atoms in total. The van der Waals surface area contributed by atoms with E-state index in [2.05, 4.69) is 27.5 Å². The van der Waals surface area contributed by atoms with Gasteiger partial charge in [-0.05, 0) is 43.7 Å². The van der Waals surface area contributed by atoms with Crippen LogP contribution in [0.5, 0.6) is 0 Å². The zero-order valence-corrected chi connectivity index (χ0v) is 16.3. The third kappa shape index (κ3) is 4.48. The van der Waals surface area contributed by atoms with Gasteiger partial charge in [0, 0.05) is 49.4 Å². The average Bonchev–Trinajstić information content (AvgIpc) is 3.13. The Morgan fingerprint density at radius 3 is 2.86 bits per heavy atom. The van der Waals surface area contributed by atoms with E-state index in [1.54, 1.807) is 24.7 Å². The Kier molecular flexibility index (Phi) is 6.60. The molecule has 2 atom stereocenters. The normalized spacial score (nSPS) is 19.3. The number of likely N-dealkylation sites (N-methyl/N-ethyl adjacent to an activating group) is 1. The molecule has 1 fully saturated rings. The molecule has 0 saturated carbocycles. The van der Waals surface area contributed by atoms with Crippen LogP contribution in [0.1, 0.15) is 19.8 Å². The van der Waals surface area contributed by atoms with Crippen LogP contribution < -0.4 is 16.2 Å². The van der Waals surface area contributed by atoms with Crippen molar-refractivity contribution in [1.82, 2.24) is 20.2 Å². The van der Waals surface area contributed by atoms with Gasteiger partial charge in [0.15, 0.2) is 0 Å². The molecule has 0 aliphatic carbocycles. The van der Waals surface area contributed by atoms with E-state index in [0.717, 1.165) is 24.0 Å². The Morgan fingerprint density at radius 1 is 1.36 bits per heavy atom. The molecule has 0 spiro atoms. The lowest BCUT2D eigenvalue weighted by Crippen LogP contribution is -2.41. The van der Waals surface area contributed by atoms with Crippen molar-refractivity contribution in [3.8, 4) is 11.1 Å². The number of hydrogen-bond acceptors (Lipinski definition) is 5. The maximum Gasteiger partial charge on any atom is 0.271 e. The molecule has 1 amide bonds. The van der Waals surface area contributed by atoms with E-state index in [1.165, 1.54) is 0 Å². The highest BCUT2D eigenvalue weighted by atomic mass is 16.2. The Morgan fingerprint density at radius 2 is 2.14 bits per heavy atom. The first-order chi connectivity index (χ1) is 13.6. The molecule has 28 heavy (non-hydrogen) atoms. The van der Waals surface area contributed by atoms with Gasteiger partial charge in [0.2, 0.25) is 5.91 Å². The highest BCUT2D eigenvalue weighted by Gasteiger charge is 2.35. The number of hydrogen-bond donors (Lipinski definition) is 3. The lowest BCUT2D eigenvalue weighted by molar-refractivity contribution is -0.126. The Balaban J connectivity index is 1.76. The van der Waals surface area contributed by atoms with Crippen LogP contribution in [-0.2, 0) is 4.79 Å². The van der Waals surface area contributed by atoms with E-state index >= 15 is 0 Å². The largest absolute Gasteiger partial charge is 0.376 e. The van der Waals surface area contributed by atoms with Crippen molar-refractivity contribution in [2.75, 3.05) is 25.5 Å². The van der Waals surface area contributed by atoms with Crippen molar-refractivity contribution in [3.05, 3.63) is 59.3 Å². The molecular formula is C21H27N5O2. The van der Waals surface area contributed by atoms with Gasteiger partial charge in [-0.2, -0.15) is 0 Å². The van der Waals surface area contributed by atoms with Crippen molar-refractivity contribution in [3.63, 3.8) is 0 Å². The van der Waals surface area contributed by atoms with Gasteiger partial charge in [0.1, 0.15) is 5.69 Å². The van der Waals surface area contributed by atoms with E-state index in [1.807, 2.05) is 36.2 Å². The molecule has 1 saturated heterocycles. The molecule has 3 N–H and O–H groups in total. The summed E-state index contributed by atoms with van der Waals surface area (Å²) in [5, 5.41) is 6.38. The van der Waals surface area contributed by atoms with Crippen LogP contribution in [0.4, 0.5) is 5.69 Å². The summed E-state index contributed by atoms with van der Waals surface area (Å²) < 4.78 is 0. The van der Waals surface area contributed by atoms with Crippen LogP contribution in [0.25, 0.3) is 11.1 Å². The summed E-state index contributed by atoms with van der Waals surface area (Å²) in [4.78, 5) is 33.6. The molecule has 2 aromatic heterocycles. The highest BCUT2D eigenvalue weighted by molar-refractivity contribution is 5.88. The standard InChI is InChI=1S/C21H27N5O2/c1-3-19-17(8-12-26(19)20(27)5-4-9-22-2)25-18-13-16(14-24-21(18)28)15-6-10-23-11-7-15/h4-7,10-11,13-14,17,19,22,25H,3,8-9,12H2,1-2H3,(H,24,28)/b5-4+/t17?,19-/m1/s1. The molecule has 3 rings (SSSR count). The fraction of sp³-hybridized carbons (Fsp3) is 0.381. The second kappa shape index (κ2) is 9.32. The number of pyridine rings is 2. The van der Waals surface area contributed by atoms with Gasteiger partial charge in [-0.15, -0.1) is 0 Å². The number of nitrogens with zero attached hydrogens (tertiary/aromatic N) is 2. The SMILES string of the molecule is CC[C@@H]1C(Nc2cc(-c3ccncc3)c[nH]c2=O)CCN1C(=O)/C=C/CNC. The zero-order chi connectivity index (χ0) is 19.9. The van der Waals surface area contributed by atoms with E-state index in [9.17, 15) is 9.59 Å². The Bertz CT molecular complexity index is 878. The minimum Gasteiger partial charge on any atom is -0.376 e. The predicted molar refractivity (Wildman–Crippen MR) is 111 cm³/mol. The summed E-state index contributed by atoms with van der Waals surface area (Å²) in [7, 11) is 1.84. The maximum atomic E-state index is 12.5. The first-order valence-electron chi connectivity index (χ1n) is 9.65. The first kappa shape index (κ1) is 19.8. The number of aromatic amines is 1. The van der Waals surface area contributed by atoms with Crippen LogP contribution in [0, 0.1) is 0 Å². The zero-order valence-electron chi connectivity index (χ0n) is 16.3. The third-order valence-corrected chi connectivity index (χ3v) is 5.09. The molecule has 3 heterocycles. The lowest BCUT2D eigenvalue weighted by atomic mass is 10.1. The molecule has 2 aromatic rings. The quantitative estimate of drug-likeness (QED) is 0.639. The third-order valence-electron chi connectivity index (χ3n) is 5.09. The molecule has 0 radical (unpaired) electrons. The maximum absolute atomic E-state index is 12.5. The second-order valence-corrected chi connectivity index (χ2v) is 6.87. The van der Waals surface area contributed by atoms with E-state index < -0.39 is 0 Å². The van der Waals surface area contributed by atoms with Crippen LogP contribution in [0.15, 0.2) is 53.7 Å². The van der Waals surface area contributed by atoms with Crippen LogP contribution in [0.2, 0.25) is 0 Å². The van der Waals surface area contributed by atoms with Gasteiger partial charge in [0.05, 0.1) is 6.04 Å². The summed E-state index contributed by atoms with van der Waals surface area (Å²) in [5.74, 6) is 0.0193. The van der Waals surface area contributed by atoms with Crippen LogP contribution in [-0.4, -0.2) is 53.0 Å². The minimum absolute atomic E-state index is 0.0193. The van der Waals surface area contributed by atoms with E-state index in [4.69, 9.17) is 0 Å². The van der Waals surface area contributed by atoms with E-state index in [-0.39, 0.29) is 23.6 Å². The average molecular weight is 381 g/mol. The summed E-state index contributed by atoms with van der Waals surface area (Å²) in [5.41, 5.74) is 2.27. The number of H-pyrrole nitrogens is 1. The molecule has 0 bridgehead atoms. The van der Waals surface area contributed by atoms with Gasteiger partial charge in [-0.1, -0.05) is 13.0 Å². The number of nitrogens with one attached hydrogen (secondary N) is 3. The fourth-order valence-electron chi connectivity index (χ4n) is 3.68. The Hall–Kier alpha value is -2.93. The smallest absolute Gasteiger partial charge is 0.271 e. The van der Waals surface area contributed by atoms with Gasteiger partial charge >= 0.3 is 0 Å². The summed E-state index contributed by atoms with van der Waals surface area (Å²) in [6, 6.07) is 5.76. The molecule has 7 heteroatoms. The molecule has 1 unspecified atom stereocenters. The molecule has 148 valence electrons. The molecule has 1 aliphatic rings. The minimum atomic E-state index is -0.161. The van der Waals surface area contributed by atoms with Crippen molar-refractivity contribution >= 4 is 11.6 Å². The van der Waals surface area contributed by atoms with Crippen molar-refractivity contribution in [2.45, 2.75) is 31.8 Å². The number of likely N-dealkylation sites (tertiary alicyclic amines) is 1. The number of carbonyl (C=O) groups excluding carboxylic acids is 1. The lowest BCUT2D eigenvalue weighted by Gasteiger charge is -2.27. The first-order valence-corrected chi connectivity index (χ1v) is 9.65. The topological polar surface area (TPSA) is 90.1 Å². The summed E-state index contributed by atoms with van der Waals surface area (Å²) >= 11 is 0. The van der Waals surface area contributed by atoms with Gasteiger partial charge in [-0.3, -0.25) is 14.6 Å². The summed E-state index contributed by atoms with van der Waals surface area (Å²) in [6.07, 6.45) is 10.2. The van der Waals surface area contributed by atoms with Crippen LogP contribution in [0.3, 0.4) is 0 Å². The van der Waals surface area contributed by atoms with Crippen molar-refractivity contribution in [1.29, 1.82) is 0 Å². The van der Waals surface area contributed by atoms with Gasteiger partial charge in [0.25, 0.3) is 5.56 Å². The van der Waals surface area contributed by atoms with Gasteiger partial charge in [-0.25, -0.2) is 0 Å². The second-order valence-electron chi connectivity index (χ2n) is 6.87. The molecule has 1 aliphatic heterocycles. The number of rotatable bonds is 7. The molecule has 0 aromatic carbocycles. The monoisotopic (exact) mass is 381 g/mol. The summed E-state index contributed by atoms with van der Waals surface area (Å²) in [6.45, 7) is 3.41.